The molecule has 0 atom stereocenters. The highest BCUT2D eigenvalue weighted by atomic mass is 16.5. The number of pyridine rings is 1. The van der Waals surface area contributed by atoms with Gasteiger partial charge in [0.25, 0.3) is 0 Å². The molecule has 0 fully saturated rings. The van der Waals surface area contributed by atoms with E-state index in [0.29, 0.717) is 5.69 Å². The van der Waals surface area contributed by atoms with Crippen molar-refractivity contribution in [1.82, 2.24) is 4.40 Å². The summed E-state index contributed by atoms with van der Waals surface area (Å²) >= 11 is 0. The van der Waals surface area contributed by atoms with Crippen LogP contribution in [-0.2, 0) is 0 Å². The Kier molecular flexibility index (Phi) is 3.03. The van der Waals surface area contributed by atoms with Crippen LogP contribution in [0.5, 0.6) is 5.75 Å². The summed E-state index contributed by atoms with van der Waals surface area (Å²) in [6.45, 7) is 2.04. The van der Waals surface area contributed by atoms with Crippen LogP contribution < -0.4 is 4.74 Å². The molecule has 3 nitrogen and oxygen atoms in total. The van der Waals surface area contributed by atoms with Gasteiger partial charge in [0.15, 0.2) is 6.29 Å². The predicted octanol–water partition coefficient (Wildman–Crippen LogP) is 3.74. The van der Waals surface area contributed by atoms with E-state index < -0.39 is 0 Å². The summed E-state index contributed by atoms with van der Waals surface area (Å²) in [5, 5.41) is 0. The Bertz CT molecular complexity index is 787. The molecule has 20 heavy (non-hydrogen) atoms. The second-order valence-corrected chi connectivity index (χ2v) is 4.71. The molecule has 0 saturated heterocycles. The molecule has 0 saturated carbocycles. The van der Waals surface area contributed by atoms with Crippen molar-refractivity contribution in [3.63, 3.8) is 0 Å². The third-order valence-corrected chi connectivity index (χ3v) is 3.57. The third-order valence-electron chi connectivity index (χ3n) is 3.57. The smallest absolute Gasteiger partial charge is 0.167 e. The molecule has 0 spiro atoms. The molecule has 0 radical (unpaired) electrons. The Hall–Kier alpha value is -2.55. The minimum Gasteiger partial charge on any atom is -0.496 e. The molecule has 1 aromatic carbocycles. The maximum absolute atomic E-state index is 11.5. The Labute approximate surface area is 117 Å². The summed E-state index contributed by atoms with van der Waals surface area (Å²) in [5.41, 5.74) is 4.65. The number of aldehydes is 1. The van der Waals surface area contributed by atoms with Crippen molar-refractivity contribution in [2.75, 3.05) is 7.11 Å². The molecule has 0 aliphatic rings. The Balaban J connectivity index is 2.36. The van der Waals surface area contributed by atoms with Gasteiger partial charge < -0.3 is 9.14 Å². The number of fused-ring (bicyclic) bond motifs is 1. The van der Waals surface area contributed by atoms with Crippen molar-refractivity contribution in [3.8, 4) is 16.9 Å². The van der Waals surface area contributed by atoms with Crippen LogP contribution in [0.15, 0.2) is 48.7 Å². The standard InChI is InChI=1S/C17H15NO2/c1-12-6-5-9-18-15(12)10-14(16(18)11-19)13-7-3-4-8-17(13)20-2/h3-11H,1-2H3. The average Bonchev–Trinajstić information content (AvgIpc) is 2.87. The number of aromatic nitrogens is 1. The minimum absolute atomic E-state index is 0.646. The summed E-state index contributed by atoms with van der Waals surface area (Å²) in [6.07, 6.45) is 2.80. The largest absolute Gasteiger partial charge is 0.496 e. The van der Waals surface area contributed by atoms with Gasteiger partial charge >= 0.3 is 0 Å². The first-order chi connectivity index (χ1) is 9.76. The number of hydrogen-bond acceptors (Lipinski definition) is 2. The molecule has 3 rings (SSSR count). The van der Waals surface area contributed by atoms with Crippen molar-refractivity contribution in [1.29, 1.82) is 0 Å². The van der Waals surface area contributed by atoms with Crippen LogP contribution in [0.1, 0.15) is 16.1 Å². The highest BCUT2D eigenvalue weighted by Crippen LogP contribution is 2.34. The van der Waals surface area contributed by atoms with Gasteiger partial charge in [-0.3, -0.25) is 4.79 Å². The van der Waals surface area contributed by atoms with Crippen LogP contribution in [0, 0.1) is 6.92 Å². The lowest BCUT2D eigenvalue weighted by molar-refractivity contribution is 0.111. The normalized spacial score (nSPS) is 10.7. The number of benzene rings is 1. The van der Waals surface area contributed by atoms with Gasteiger partial charge in [0.05, 0.1) is 12.8 Å². The summed E-state index contributed by atoms with van der Waals surface area (Å²) in [5.74, 6) is 0.768. The molecule has 3 aromatic rings. The molecule has 2 heterocycles. The highest BCUT2D eigenvalue weighted by Gasteiger charge is 2.15. The first-order valence-electron chi connectivity index (χ1n) is 6.45. The lowest BCUT2D eigenvalue weighted by Crippen LogP contribution is -1.94. The van der Waals surface area contributed by atoms with E-state index >= 15 is 0 Å². The van der Waals surface area contributed by atoms with Gasteiger partial charge in [-0.15, -0.1) is 0 Å². The highest BCUT2D eigenvalue weighted by molar-refractivity contribution is 5.92. The zero-order valence-electron chi connectivity index (χ0n) is 11.5. The number of ether oxygens (including phenoxy) is 1. The molecule has 0 aliphatic carbocycles. The van der Waals surface area contributed by atoms with Crippen LogP contribution in [0.25, 0.3) is 16.6 Å². The van der Waals surface area contributed by atoms with Crippen LogP contribution in [0.4, 0.5) is 0 Å². The first-order valence-corrected chi connectivity index (χ1v) is 6.45. The Morgan fingerprint density at radius 3 is 2.65 bits per heavy atom. The van der Waals surface area contributed by atoms with Crippen molar-refractivity contribution in [2.24, 2.45) is 0 Å². The zero-order chi connectivity index (χ0) is 14.1. The number of rotatable bonds is 3. The number of aryl methyl sites for hydroxylation is 1. The Morgan fingerprint density at radius 2 is 1.90 bits per heavy atom. The van der Waals surface area contributed by atoms with E-state index in [-0.39, 0.29) is 0 Å². The van der Waals surface area contributed by atoms with E-state index in [1.54, 1.807) is 7.11 Å². The van der Waals surface area contributed by atoms with E-state index in [4.69, 9.17) is 4.74 Å². The monoisotopic (exact) mass is 265 g/mol. The molecule has 0 amide bonds. The maximum atomic E-state index is 11.5. The van der Waals surface area contributed by atoms with Crippen molar-refractivity contribution in [3.05, 3.63) is 59.9 Å². The van der Waals surface area contributed by atoms with Crippen LogP contribution in [0.3, 0.4) is 0 Å². The summed E-state index contributed by atoms with van der Waals surface area (Å²) < 4.78 is 7.32. The second kappa shape index (κ2) is 4.85. The summed E-state index contributed by atoms with van der Waals surface area (Å²) in [7, 11) is 1.64. The number of carbonyl (C=O) groups excluding carboxylic acids is 1. The molecule has 2 aromatic heterocycles. The number of para-hydroxylation sites is 1. The summed E-state index contributed by atoms with van der Waals surface area (Å²) in [6, 6.07) is 13.8. The van der Waals surface area contributed by atoms with Gasteiger partial charge in [-0.2, -0.15) is 0 Å². The van der Waals surface area contributed by atoms with E-state index in [9.17, 15) is 4.79 Å². The minimum atomic E-state index is 0.646. The fourth-order valence-corrected chi connectivity index (χ4v) is 2.57. The average molecular weight is 265 g/mol. The summed E-state index contributed by atoms with van der Waals surface area (Å²) in [4.78, 5) is 11.5. The van der Waals surface area contributed by atoms with E-state index in [1.165, 1.54) is 0 Å². The second-order valence-electron chi connectivity index (χ2n) is 4.71. The number of carbonyl (C=O) groups is 1. The molecular weight excluding hydrogens is 250 g/mol. The zero-order valence-corrected chi connectivity index (χ0v) is 11.5. The number of nitrogens with zero attached hydrogens (tertiary/aromatic N) is 1. The fraction of sp³-hybridized carbons (Fsp3) is 0.118. The lowest BCUT2D eigenvalue weighted by Gasteiger charge is -2.07. The molecule has 0 aliphatic heterocycles. The topological polar surface area (TPSA) is 30.7 Å². The quantitative estimate of drug-likeness (QED) is 0.675. The van der Waals surface area contributed by atoms with E-state index in [2.05, 4.69) is 0 Å². The lowest BCUT2D eigenvalue weighted by atomic mass is 10.0. The van der Waals surface area contributed by atoms with Crippen LogP contribution >= 0.6 is 0 Å². The molecule has 0 N–H and O–H groups in total. The van der Waals surface area contributed by atoms with Crippen molar-refractivity contribution < 1.29 is 9.53 Å². The molecule has 0 unspecified atom stereocenters. The SMILES string of the molecule is COc1ccccc1-c1cc2c(C)cccn2c1C=O. The third kappa shape index (κ3) is 1.79. The molecule has 3 heteroatoms. The number of hydrogen-bond donors (Lipinski definition) is 0. The van der Waals surface area contributed by atoms with E-state index in [1.807, 2.05) is 60.0 Å². The molecule has 100 valence electrons. The van der Waals surface area contributed by atoms with Gasteiger partial charge in [0.1, 0.15) is 5.75 Å². The molecule has 0 bridgehead atoms. The van der Waals surface area contributed by atoms with Gasteiger partial charge in [0, 0.05) is 22.8 Å². The number of methoxy groups -OCH3 is 1. The van der Waals surface area contributed by atoms with Gasteiger partial charge in [0.2, 0.25) is 0 Å². The van der Waals surface area contributed by atoms with Crippen LogP contribution in [-0.4, -0.2) is 17.8 Å². The maximum Gasteiger partial charge on any atom is 0.167 e. The van der Waals surface area contributed by atoms with Crippen LogP contribution in [0.2, 0.25) is 0 Å². The first kappa shape index (κ1) is 12.5. The van der Waals surface area contributed by atoms with Gasteiger partial charge in [-0.1, -0.05) is 24.3 Å². The van der Waals surface area contributed by atoms with Gasteiger partial charge in [-0.05, 0) is 30.7 Å². The molecular formula is C17H15NO2. The van der Waals surface area contributed by atoms with E-state index in [0.717, 1.165) is 34.2 Å². The van der Waals surface area contributed by atoms with Gasteiger partial charge in [-0.25, -0.2) is 0 Å². The Morgan fingerprint density at radius 1 is 1.10 bits per heavy atom. The fourth-order valence-electron chi connectivity index (χ4n) is 2.57. The van der Waals surface area contributed by atoms with Crippen molar-refractivity contribution >= 4 is 11.8 Å². The predicted molar refractivity (Wildman–Crippen MR) is 79.5 cm³/mol. The van der Waals surface area contributed by atoms with Crippen molar-refractivity contribution in [2.45, 2.75) is 6.92 Å².